The number of carbonyl (C=O) groups is 1. The number of hydrogen-bond acceptors (Lipinski definition) is 5. The summed E-state index contributed by atoms with van der Waals surface area (Å²) in [5.74, 6) is 0.553. The van der Waals surface area contributed by atoms with Gasteiger partial charge in [0.25, 0.3) is 0 Å². The Kier molecular flexibility index (Phi) is 5.65. The van der Waals surface area contributed by atoms with E-state index < -0.39 is 12.6 Å². The van der Waals surface area contributed by atoms with Gasteiger partial charge in [0, 0.05) is 38.5 Å². The van der Waals surface area contributed by atoms with Crippen molar-refractivity contribution in [2.24, 2.45) is 22.7 Å². The Morgan fingerprint density at radius 2 is 1.75 bits per heavy atom. The third kappa shape index (κ3) is 4.28. The van der Waals surface area contributed by atoms with Crippen LogP contribution in [0.15, 0.2) is 0 Å². The molecule has 0 saturated carbocycles. The van der Waals surface area contributed by atoms with Crippen molar-refractivity contribution in [1.82, 2.24) is 15.1 Å². The highest BCUT2D eigenvalue weighted by Crippen LogP contribution is 2.38. The Hall–Kier alpha value is -0.690. The fourth-order valence-corrected chi connectivity index (χ4v) is 3.49. The van der Waals surface area contributed by atoms with Crippen molar-refractivity contribution < 1.29 is 15.0 Å². The molecule has 0 aromatic carbocycles. The molecule has 1 amide bonds. The molecule has 24 heavy (non-hydrogen) atoms. The van der Waals surface area contributed by atoms with Crippen LogP contribution in [0.1, 0.15) is 48.0 Å². The normalized spacial score (nSPS) is 28.3. The first-order valence-corrected chi connectivity index (χ1v) is 9.04. The van der Waals surface area contributed by atoms with Gasteiger partial charge in [0.15, 0.2) is 6.35 Å². The lowest BCUT2D eigenvalue weighted by molar-refractivity contribution is -0.135. The van der Waals surface area contributed by atoms with Gasteiger partial charge >= 0.3 is 0 Å². The van der Waals surface area contributed by atoms with Gasteiger partial charge in [0.2, 0.25) is 5.91 Å². The van der Waals surface area contributed by atoms with Crippen LogP contribution in [-0.2, 0) is 4.79 Å². The molecule has 6 heteroatoms. The highest BCUT2D eigenvalue weighted by Gasteiger charge is 2.44. The summed E-state index contributed by atoms with van der Waals surface area (Å²) in [5.41, 5.74) is 0.167. The number of aliphatic hydroxyl groups excluding tert-OH is 2. The standard InChI is InChI=1S/C18H35N3O3/c1-17(2,3)12-10-20(11-12)16(24)19-7-8-21-14(22)9-13(15(21)23)18(4,5)6/h12-13,15-16,19,23-24H,7-11H2,1-6H3. The molecule has 0 aromatic rings. The van der Waals surface area contributed by atoms with Crippen LogP contribution in [0.4, 0.5) is 0 Å². The van der Waals surface area contributed by atoms with Crippen LogP contribution in [0.5, 0.6) is 0 Å². The van der Waals surface area contributed by atoms with Gasteiger partial charge in [-0.15, -0.1) is 0 Å². The number of nitrogens with one attached hydrogen (secondary N) is 1. The summed E-state index contributed by atoms with van der Waals surface area (Å²) in [4.78, 5) is 15.7. The minimum atomic E-state index is -0.731. The van der Waals surface area contributed by atoms with E-state index in [0.717, 1.165) is 13.1 Å². The van der Waals surface area contributed by atoms with Crippen molar-refractivity contribution in [2.45, 2.75) is 60.5 Å². The number of rotatable bonds is 5. The zero-order chi connectivity index (χ0) is 18.3. The summed E-state index contributed by atoms with van der Waals surface area (Å²) in [7, 11) is 0. The molecule has 140 valence electrons. The third-order valence-corrected chi connectivity index (χ3v) is 5.67. The fraction of sp³-hybridized carbons (Fsp3) is 0.944. The Bertz CT molecular complexity index is 449. The smallest absolute Gasteiger partial charge is 0.225 e. The van der Waals surface area contributed by atoms with E-state index in [-0.39, 0.29) is 22.7 Å². The average Bonchev–Trinajstić information content (AvgIpc) is 2.62. The molecule has 2 saturated heterocycles. The lowest BCUT2D eigenvalue weighted by Gasteiger charge is -2.48. The Balaban J connectivity index is 1.74. The summed E-state index contributed by atoms with van der Waals surface area (Å²) in [5, 5.41) is 23.7. The van der Waals surface area contributed by atoms with Crippen molar-refractivity contribution >= 4 is 5.91 Å². The van der Waals surface area contributed by atoms with E-state index in [0.29, 0.717) is 25.4 Å². The van der Waals surface area contributed by atoms with E-state index in [1.807, 2.05) is 4.90 Å². The predicted octanol–water partition coefficient (Wildman–Crippen LogP) is 1.04. The van der Waals surface area contributed by atoms with E-state index in [9.17, 15) is 15.0 Å². The lowest BCUT2D eigenvalue weighted by atomic mass is 9.76. The van der Waals surface area contributed by atoms with Gasteiger partial charge in [-0.1, -0.05) is 41.5 Å². The summed E-state index contributed by atoms with van der Waals surface area (Å²) in [6.45, 7) is 15.5. The number of carbonyl (C=O) groups excluding carboxylic acids is 1. The van der Waals surface area contributed by atoms with Gasteiger partial charge in [-0.2, -0.15) is 0 Å². The second-order valence-corrected chi connectivity index (χ2v) is 9.52. The number of hydrogen-bond donors (Lipinski definition) is 3. The van der Waals surface area contributed by atoms with Crippen LogP contribution in [0.2, 0.25) is 0 Å². The third-order valence-electron chi connectivity index (χ3n) is 5.67. The fourth-order valence-electron chi connectivity index (χ4n) is 3.49. The summed E-state index contributed by atoms with van der Waals surface area (Å²) in [6, 6.07) is 0. The van der Waals surface area contributed by atoms with Crippen LogP contribution < -0.4 is 5.32 Å². The molecule has 3 atom stereocenters. The second-order valence-electron chi connectivity index (χ2n) is 9.52. The second kappa shape index (κ2) is 6.90. The van der Waals surface area contributed by atoms with Crippen LogP contribution in [0.25, 0.3) is 0 Å². The van der Waals surface area contributed by atoms with Crippen molar-refractivity contribution in [3.8, 4) is 0 Å². The topological polar surface area (TPSA) is 76.0 Å². The summed E-state index contributed by atoms with van der Waals surface area (Å²) in [6.07, 6.45) is -1.02. The molecule has 0 radical (unpaired) electrons. The maximum absolute atomic E-state index is 12.1. The molecular weight excluding hydrogens is 306 g/mol. The van der Waals surface area contributed by atoms with Gasteiger partial charge in [-0.25, -0.2) is 0 Å². The quantitative estimate of drug-likeness (QED) is 0.652. The molecule has 3 N–H and O–H groups in total. The van der Waals surface area contributed by atoms with Gasteiger partial charge < -0.3 is 15.1 Å². The molecule has 2 rings (SSSR count). The first-order chi connectivity index (χ1) is 10.9. The monoisotopic (exact) mass is 341 g/mol. The van der Waals surface area contributed by atoms with Crippen molar-refractivity contribution in [2.75, 3.05) is 26.2 Å². The molecule has 2 aliphatic heterocycles. The SMILES string of the molecule is CC(C)(C)C1CN(C(O)NCCN2C(=O)CC(C(C)(C)C)C2O)C1. The molecule has 0 bridgehead atoms. The molecule has 3 unspecified atom stereocenters. The molecular formula is C18H35N3O3. The summed E-state index contributed by atoms with van der Waals surface area (Å²) < 4.78 is 0. The van der Waals surface area contributed by atoms with E-state index >= 15 is 0 Å². The number of aliphatic hydroxyl groups is 2. The van der Waals surface area contributed by atoms with E-state index in [1.54, 1.807) is 0 Å². The van der Waals surface area contributed by atoms with Gasteiger partial charge in [0.05, 0.1) is 0 Å². The Morgan fingerprint density at radius 1 is 1.17 bits per heavy atom. The minimum Gasteiger partial charge on any atom is -0.373 e. The first kappa shape index (κ1) is 19.6. The van der Waals surface area contributed by atoms with Crippen molar-refractivity contribution in [3.05, 3.63) is 0 Å². The summed E-state index contributed by atoms with van der Waals surface area (Å²) >= 11 is 0. The van der Waals surface area contributed by atoms with Crippen LogP contribution in [-0.4, -0.2) is 64.7 Å². The molecule has 6 nitrogen and oxygen atoms in total. The largest absolute Gasteiger partial charge is 0.373 e. The Morgan fingerprint density at radius 3 is 2.21 bits per heavy atom. The Labute approximate surface area is 146 Å². The molecule has 0 aromatic heterocycles. The van der Waals surface area contributed by atoms with Crippen LogP contribution in [0, 0.1) is 22.7 Å². The van der Waals surface area contributed by atoms with Crippen molar-refractivity contribution in [1.29, 1.82) is 0 Å². The number of nitrogens with zero attached hydrogens (tertiary/aromatic N) is 2. The molecule has 2 fully saturated rings. The number of likely N-dealkylation sites (tertiary alicyclic amines) is 2. The average molecular weight is 341 g/mol. The molecule has 0 aliphatic carbocycles. The van der Waals surface area contributed by atoms with E-state index in [1.165, 1.54) is 4.90 Å². The minimum absolute atomic E-state index is 0.00420. The van der Waals surface area contributed by atoms with Crippen LogP contribution >= 0.6 is 0 Å². The van der Waals surface area contributed by atoms with Crippen molar-refractivity contribution in [3.63, 3.8) is 0 Å². The lowest BCUT2D eigenvalue weighted by Crippen LogP contribution is -2.60. The first-order valence-electron chi connectivity index (χ1n) is 9.04. The maximum atomic E-state index is 12.1. The van der Waals surface area contributed by atoms with Gasteiger partial charge in [0.1, 0.15) is 6.23 Å². The van der Waals surface area contributed by atoms with E-state index in [4.69, 9.17) is 0 Å². The molecule has 0 spiro atoms. The van der Waals surface area contributed by atoms with Crippen LogP contribution in [0.3, 0.4) is 0 Å². The van der Waals surface area contributed by atoms with Gasteiger partial charge in [-0.05, 0) is 16.7 Å². The zero-order valence-electron chi connectivity index (χ0n) is 16.0. The predicted molar refractivity (Wildman–Crippen MR) is 93.8 cm³/mol. The molecule has 2 heterocycles. The maximum Gasteiger partial charge on any atom is 0.225 e. The highest BCUT2D eigenvalue weighted by molar-refractivity contribution is 5.79. The number of amides is 1. The van der Waals surface area contributed by atoms with E-state index in [2.05, 4.69) is 46.9 Å². The van der Waals surface area contributed by atoms with Gasteiger partial charge in [-0.3, -0.25) is 15.0 Å². The highest BCUT2D eigenvalue weighted by atomic mass is 16.3. The molecule has 2 aliphatic rings. The zero-order valence-corrected chi connectivity index (χ0v) is 16.0.